The van der Waals surface area contributed by atoms with Gasteiger partial charge in [0.2, 0.25) is 11.8 Å². The molecule has 0 aliphatic carbocycles. The van der Waals surface area contributed by atoms with E-state index in [2.05, 4.69) is 102 Å². The van der Waals surface area contributed by atoms with E-state index in [9.17, 15) is 72.3 Å². The number of carbonyl (C=O) groups is 6. The highest BCUT2D eigenvalue weighted by atomic mass is 32.2. The van der Waals surface area contributed by atoms with Crippen molar-refractivity contribution in [2.24, 2.45) is 11.8 Å². The van der Waals surface area contributed by atoms with Gasteiger partial charge in [-0.25, -0.2) is 81.5 Å². The molecule has 12 aromatic heterocycles. The second-order valence-corrected chi connectivity index (χ2v) is 32.1. The van der Waals surface area contributed by atoms with E-state index in [4.69, 9.17) is 22.9 Å². The summed E-state index contributed by atoms with van der Waals surface area (Å²) in [4.78, 5) is 103. The first-order chi connectivity index (χ1) is 59.4. The number of nitrogens with two attached hydrogens (primary N) is 4. The largest absolute Gasteiger partial charge is 0.381 e. The summed E-state index contributed by atoms with van der Waals surface area (Å²) in [7, 11) is -3.10. The Hall–Kier alpha value is -14.6. The molecule has 12 N–H and O–H groups in total. The predicted octanol–water partition coefficient (Wildman–Crippen LogP) is 4.01. The number of nitrogens with one attached hydrogen (secondary N) is 4. The Morgan fingerprint density at radius 2 is 0.637 bits per heavy atom. The SMILES string of the molecule is CS(=O)(=O)C1CCN(c2cnncc2NC(=O)c2c(N)nn3cc(F)cnc23)CC1.Nc1nn2cc(F)cnc2c1C(=O)Nc1cnncc1N1CCC(C(=O)N2CC(F)(F)C2)CC1.Nc1nn2cc(F)cnc2c1C(=O)Nc1cnncc1N1CCC(C(=O)N2CC(F)C2)CC1.Nc1nn2cc(F)cnc2c1C(=O)Nc1cnncc1N1CCC(F)CC1. The van der Waals surface area contributed by atoms with Gasteiger partial charge in [0, 0.05) is 70.4 Å². The van der Waals surface area contributed by atoms with E-state index in [1.807, 2.05) is 19.6 Å². The summed E-state index contributed by atoms with van der Waals surface area (Å²) in [6.45, 7) is 3.38. The van der Waals surface area contributed by atoms with Gasteiger partial charge < -0.3 is 73.6 Å². The Kier molecular flexibility index (Phi) is 24.0. The van der Waals surface area contributed by atoms with Crippen molar-refractivity contribution in [1.82, 2.24) is 109 Å². The van der Waals surface area contributed by atoms with Crippen molar-refractivity contribution >= 4 is 137 Å². The normalized spacial score (nSPS) is 16.6. The molecule has 18 heterocycles. The van der Waals surface area contributed by atoms with Crippen molar-refractivity contribution in [3.8, 4) is 0 Å². The average molecular weight is 1740 g/mol. The summed E-state index contributed by atoms with van der Waals surface area (Å²) >= 11 is 0. The fourth-order valence-corrected chi connectivity index (χ4v) is 16.2. The molecule has 6 amide bonds. The molecule has 6 aliphatic rings. The van der Waals surface area contributed by atoms with Crippen molar-refractivity contribution in [2.45, 2.75) is 74.9 Å². The van der Waals surface area contributed by atoms with Gasteiger partial charge in [0.1, 0.15) is 44.4 Å². The molecular weight excluding hydrogens is 1670 g/mol. The minimum absolute atomic E-state index is 0.00238. The Labute approximate surface area is 695 Å². The minimum atomic E-state index is -3.10. The number of hydrogen-bond acceptors (Lipinski definition) is 32. The van der Waals surface area contributed by atoms with Gasteiger partial charge in [0.25, 0.3) is 29.6 Å². The van der Waals surface area contributed by atoms with Gasteiger partial charge in [-0.2, -0.15) is 40.8 Å². The summed E-state index contributed by atoms with van der Waals surface area (Å²) in [5.74, 6) is -8.67. The number of anilines is 12. The van der Waals surface area contributed by atoms with Crippen LogP contribution in [-0.4, -0.2) is 261 Å². The van der Waals surface area contributed by atoms with Crippen LogP contribution in [0.15, 0.2) is 99.1 Å². The van der Waals surface area contributed by atoms with Crippen LogP contribution in [0.2, 0.25) is 0 Å². The third kappa shape index (κ3) is 18.4. The molecule has 0 radical (unpaired) electrons. The number of nitrogens with zero attached hydrogens (tertiary/aromatic N) is 26. The van der Waals surface area contributed by atoms with Crippen LogP contribution in [0.3, 0.4) is 0 Å². The Morgan fingerprint density at radius 1 is 0.379 bits per heavy atom. The van der Waals surface area contributed by atoms with Crippen LogP contribution >= 0.6 is 0 Å². The lowest BCUT2D eigenvalue weighted by Crippen LogP contribution is -2.60. The molecular formula is C73H76F8N34O8S. The molecule has 0 aromatic carbocycles. The number of halogens is 8. The number of fused-ring (bicyclic) bond motifs is 4. The fraction of sp³-hybridized carbons (Fsp3) is 0.370. The van der Waals surface area contributed by atoms with Crippen molar-refractivity contribution < 1.29 is 72.3 Å². The molecule has 0 atom stereocenters. The van der Waals surface area contributed by atoms with Crippen molar-refractivity contribution in [1.29, 1.82) is 0 Å². The van der Waals surface area contributed by atoms with E-state index < -0.39 is 88.1 Å². The number of aromatic nitrogens is 20. The highest BCUT2D eigenvalue weighted by Gasteiger charge is 2.48. The summed E-state index contributed by atoms with van der Waals surface area (Å²) < 4.78 is 134. The standard InChI is InChI=1S/C20H20F3N9O2.C20H21F2N9O2.C17H19FN8O3S.C16H16F2N8O/c21-12-5-25-17-15(16(24)29-32(17)8-12)18(33)28-13-6-26-27-7-14(13)30-3-1-11(2-4-30)19(34)31-9-20(22,23)10-31;21-12-5-24-18-16(17(23)28-31(18)10-12)19(32)27-14-6-25-26-7-15(14)29-3-1-11(2-4-29)20(33)30-8-13(22)9-30;1-30(28,29)11-2-4-25(5-3-11)13-8-22-21-7-12(13)23-17(27)14-15(19)24-26-9-10(18)6-20-16(14)26;17-9-1-3-25(4-2-9)12-7-22-21-6-11(12)23-16(27)13-14(19)24-26-8-10(18)5-20-15(13)26/h5-8,11H,1-4,9-10H2,(H2,24,29)(H,27,28,33);5-7,10-11,13H,1-4,8-9H2,(H2,23,28)(H,26,27,32);6-9,11H,2-5H2,1H3,(H2,19,24)(H,22,23,27);5-9H,1-4H2,(H2,19,24)(H,22,23,27). The molecule has 0 unspecified atom stereocenters. The van der Waals surface area contributed by atoms with E-state index in [-0.39, 0.29) is 110 Å². The van der Waals surface area contributed by atoms with Crippen molar-refractivity contribution in [3.05, 3.63) is 145 Å². The van der Waals surface area contributed by atoms with Gasteiger partial charge in [-0.05, 0) is 51.4 Å². The first-order valence-electron chi connectivity index (χ1n) is 38.5. The molecule has 648 valence electrons. The number of carbonyl (C=O) groups excluding carboxylic acids is 6. The molecule has 6 fully saturated rings. The van der Waals surface area contributed by atoms with Crippen LogP contribution in [0.5, 0.6) is 0 Å². The smallest absolute Gasteiger partial charge is 0.282 e. The number of piperidine rings is 4. The number of sulfone groups is 1. The van der Waals surface area contributed by atoms with Gasteiger partial charge in [-0.1, -0.05) is 0 Å². The van der Waals surface area contributed by atoms with E-state index >= 15 is 0 Å². The zero-order chi connectivity index (χ0) is 87.6. The van der Waals surface area contributed by atoms with E-state index in [0.29, 0.717) is 149 Å². The van der Waals surface area contributed by atoms with Crippen LogP contribution < -0.4 is 63.8 Å². The van der Waals surface area contributed by atoms with Gasteiger partial charge in [-0.15, -0.1) is 20.4 Å². The number of rotatable bonds is 15. The zero-order valence-electron chi connectivity index (χ0n) is 65.4. The molecule has 0 bridgehead atoms. The van der Waals surface area contributed by atoms with Crippen LogP contribution in [0, 0.1) is 35.1 Å². The number of amides is 6. The third-order valence-electron chi connectivity index (χ3n) is 21.4. The summed E-state index contributed by atoms with van der Waals surface area (Å²) in [6, 6.07) is 0. The number of likely N-dealkylation sites (tertiary alicyclic amines) is 2. The molecule has 42 nitrogen and oxygen atoms in total. The van der Waals surface area contributed by atoms with Crippen LogP contribution in [0.4, 0.5) is 104 Å². The molecule has 0 saturated carbocycles. The second kappa shape index (κ2) is 35.2. The maximum Gasteiger partial charge on any atom is 0.282 e. The minimum Gasteiger partial charge on any atom is -0.381 e. The fourth-order valence-electron chi connectivity index (χ4n) is 15.1. The molecule has 124 heavy (non-hydrogen) atoms. The van der Waals surface area contributed by atoms with Gasteiger partial charge in [0.15, 0.2) is 69.1 Å². The summed E-state index contributed by atoms with van der Waals surface area (Å²) in [5.41, 5.74) is 27.9. The van der Waals surface area contributed by atoms with Crippen molar-refractivity contribution in [3.63, 3.8) is 0 Å². The van der Waals surface area contributed by atoms with E-state index in [0.717, 1.165) is 67.6 Å². The first-order valence-corrected chi connectivity index (χ1v) is 40.4. The van der Waals surface area contributed by atoms with E-state index in [1.165, 1.54) is 60.7 Å². The maximum atomic E-state index is 13.4. The topological polar surface area (TPSA) is 532 Å². The summed E-state index contributed by atoms with van der Waals surface area (Å²) in [6.07, 6.45) is 23.3. The number of hydrogen-bond donors (Lipinski definition) is 8. The lowest BCUT2D eigenvalue weighted by molar-refractivity contribution is -0.170. The highest BCUT2D eigenvalue weighted by Crippen LogP contribution is 2.37. The van der Waals surface area contributed by atoms with Crippen LogP contribution in [0.25, 0.3) is 22.6 Å². The lowest BCUT2D eigenvalue weighted by Gasteiger charge is -2.42. The molecule has 18 rings (SSSR count). The first kappa shape index (κ1) is 84.4. The van der Waals surface area contributed by atoms with E-state index in [1.54, 1.807) is 4.90 Å². The second-order valence-electron chi connectivity index (χ2n) is 29.8. The molecule has 6 aliphatic heterocycles. The van der Waals surface area contributed by atoms with Gasteiger partial charge in [0.05, 0.1) is 176 Å². The number of nitrogen functional groups attached to an aromatic ring is 4. The maximum absolute atomic E-state index is 13.4. The average Bonchev–Trinajstić information content (AvgIpc) is 1.50. The summed E-state index contributed by atoms with van der Waals surface area (Å²) in [5, 5.41) is 57.1. The lowest BCUT2D eigenvalue weighted by atomic mass is 9.93. The zero-order valence-corrected chi connectivity index (χ0v) is 66.2. The molecule has 0 spiro atoms. The monoisotopic (exact) mass is 1740 g/mol. The number of alkyl halides is 4. The Bertz CT molecular complexity index is 6180. The van der Waals surface area contributed by atoms with Crippen LogP contribution in [0.1, 0.15) is 92.8 Å². The molecule has 6 saturated heterocycles. The quantitative estimate of drug-likeness (QED) is 0.0672. The van der Waals surface area contributed by atoms with Gasteiger partial charge >= 0.3 is 0 Å². The molecule has 51 heteroatoms. The van der Waals surface area contributed by atoms with Crippen LogP contribution in [-0.2, 0) is 19.4 Å². The predicted molar refractivity (Wildman–Crippen MR) is 429 cm³/mol. The van der Waals surface area contributed by atoms with Gasteiger partial charge in [-0.3, -0.25) is 28.8 Å². The van der Waals surface area contributed by atoms with Crippen molar-refractivity contribution in [2.75, 3.05) is 149 Å². The third-order valence-corrected chi connectivity index (χ3v) is 23.1. The Morgan fingerprint density at radius 3 is 0.903 bits per heavy atom. The molecule has 12 aromatic rings. The Balaban J connectivity index is 0.000000128. The highest BCUT2D eigenvalue weighted by molar-refractivity contribution is 7.91.